The Balaban J connectivity index is 3.72. The van der Waals surface area contributed by atoms with Crippen LogP contribution in [-0.4, -0.2) is 25.5 Å². The summed E-state index contributed by atoms with van der Waals surface area (Å²) in [7, 11) is 0. The molecular weight excluding hydrogens is 224 g/mol. The first-order valence-corrected chi connectivity index (χ1v) is 7.32. The van der Waals surface area contributed by atoms with Gasteiger partial charge in [-0.15, -0.1) is 0 Å². The Labute approximate surface area is 113 Å². The Hall–Kier alpha value is -0.570. The molecule has 0 aliphatic heterocycles. The molecule has 0 aliphatic carbocycles. The summed E-state index contributed by atoms with van der Waals surface area (Å²) in [4.78, 5) is 11.6. The second-order valence-electron chi connectivity index (χ2n) is 6.32. The second kappa shape index (κ2) is 9.37. The Bertz CT molecular complexity index is 217. The number of hydrogen-bond donors (Lipinski definition) is 2. The van der Waals surface area contributed by atoms with Crippen molar-refractivity contribution in [2.45, 2.75) is 48.0 Å². The van der Waals surface area contributed by atoms with E-state index in [4.69, 9.17) is 0 Å². The van der Waals surface area contributed by atoms with Gasteiger partial charge in [0.2, 0.25) is 5.91 Å². The molecule has 108 valence electrons. The van der Waals surface area contributed by atoms with Gasteiger partial charge in [-0.1, -0.05) is 41.5 Å². The third kappa shape index (κ3) is 8.51. The van der Waals surface area contributed by atoms with E-state index in [1.54, 1.807) is 0 Å². The van der Waals surface area contributed by atoms with Crippen molar-refractivity contribution < 1.29 is 4.79 Å². The van der Waals surface area contributed by atoms with Crippen LogP contribution in [0.3, 0.4) is 0 Å². The van der Waals surface area contributed by atoms with Crippen LogP contribution < -0.4 is 10.6 Å². The summed E-state index contributed by atoms with van der Waals surface area (Å²) in [6.45, 7) is 15.5. The lowest BCUT2D eigenvalue weighted by Crippen LogP contribution is -2.38. The largest absolute Gasteiger partial charge is 0.355 e. The lowest BCUT2D eigenvalue weighted by atomic mass is 9.85. The van der Waals surface area contributed by atoms with Gasteiger partial charge in [-0.05, 0) is 36.6 Å². The van der Waals surface area contributed by atoms with Gasteiger partial charge in [-0.2, -0.15) is 0 Å². The van der Waals surface area contributed by atoms with Crippen LogP contribution in [0.5, 0.6) is 0 Å². The van der Waals surface area contributed by atoms with E-state index < -0.39 is 0 Å². The number of carbonyl (C=O) groups is 1. The molecule has 0 unspecified atom stereocenters. The van der Waals surface area contributed by atoms with Gasteiger partial charge in [-0.3, -0.25) is 4.79 Å². The highest BCUT2D eigenvalue weighted by atomic mass is 16.1. The van der Waals surface area contributed by atoms with Crippen molar-refractivity contribution in [2.75, 3.05) is 19.6 Å². The Morgan fingerprint density at radius 1 is 1.00 bits per heavy atom. The fourth-order valence-electron chi connectivity index (χ4n) is 2.16. The fourth-order valence-corrected chi connectivity index (χ4v) is 2.16. The summed E-state index contributed by atoms with van der Waals surface area (Å²) in [5.41, 5.74) is 0. The van der Waals surface area contributed by atoms with Crippen molar-refractivity contribution in [3.05, 3.63) is 0 Å². The molecule has 0 aliphatic rings. The fraction of sp³-hybridized carbons (Fsp3) is 0.933. The standard InChI is InChI=1S/C15H32N2O/c1-11(2)7-8-17-15(18)10-16-9-14(12(3)4)13(5)6/h11-14,16H,7-10H2,1-6H3,(H,17,18). The molecule has 0 radical (unpaired) electrons. The third-order valence-corrected chi connectivity index (χ3v) is 3.42. The molecule has 3 heteroatoms. The zero-order valence-electron chi connectivity index (χ0n) is 13.0. The number of amides is 1. The van der Waals surface area contributed by atoms with Crippen LogP contribution in [0.4, 0.5) is 0 Å². The lowest BCUT2D eigenvalue weighted by Gasteiger charge is -2.25. The minimum Gasteiger partial charge on any atom is -0.355 e. The van der Waals surface area contributed by atoms with Crippen molar-refractivity contribution in [1.29, 1.82) is 0 Å². The van der Waals surface area contributed by atoms with Crippen molar-refractivity contribution in [1.82, 2.24) is 10.6 Å². The molecular formula is C15H32N2O. The van der Waals surface area contributed by atoms with Crippen LogP contribution in [0.25, 0.3) is 0 Å². The van der Waals surface area contributed by atoms with Crippen LogP contribution in [0.1, 0.15) is 48.0 Å². The Morgan fingerprint density at radius 2 is 1.56 bits per heavy atom. The van der Waals surface area contributed by atoms with Gasteiger partial charge in [0.05, 0.1) is 6.54 Å². The second-order valence-corrected chi connectivity index (χ2v) is 6.32. The van der Waals surface area contributed by atoms with E-state index in [2.05, 4.69) is 52.2 Å². The van der Waals surface area contributed by atoms with Crippen molar-refractivity contribution in [3.63, 3.8) is 0 Å². The molecule has 0 spiro atoms. The molecule has 18 heavy (non-hydrogen) atoms. The van der Waals surface area contributed by atoms with E-state index >= 15 is 0 Å². The van der Waals surface area contributed by atoms with Gasteiger partial charge in [0.25, 0.3) is 0 Å². The van der Waals surface area contributed by atoms with E-state index in [1.165, 1.54) is 0 Å². The van der Waals surface area contributed by atoms with Crippen LogP contribution in [-0.2, 0) is 4.79 Å². The van der Waals surface area contributed by atoms with Gasteiger partial charge in [0, 0.05) is 6.54 Å². The summed E-state index contributed by atoms with van der Waals surface area (Å²) in [6.07, 6.45) is 1.05. The molecule has 0 saturated heterocycles. The zero-order valence-corrected chi connectivity index (χ0v) is 13.0. The summed E-state index contributed by atoms with van der Waals surface area (Å²) < 4.78 is 0. The van der Waals surface area contributed by atoms with Crippen molar-refractivity contribution in [3.8, 4) is 0 Å². The number of carbonyl (C=O) groups excluding carboxylic acids is 1. The third-order valence-electron chi connectivity index (χ3n) is 3.42. The molecule has 0 aromatic heterocycles. The van der Waals surface area contributed by atoms with E-state index in [0.717, 1.165) is 19.5 Å². The zero-order chi connectivity index (χ0) is 14.1. The maximum absolute atomic E-state index is 11.6. The average molecular weight is 256 g/mol. The maximum atomic E-state index is 11.6. The van der Waals surface area contributed by atoms with Gasteiger partial charge < -0.3 is 10.6 Å². The number of rotatable bonds is 9. The molecule has 2 N–H and O–H groups in total. The first kappa shape index (κ1) is 17.4. The topological polar surface area (TPSA) is 41.1 Å². The van der Waals surface area contributed by atoms with Crippen LogP contribution in [0.2, 0.25) is 0 Å². The predicted octanol–water partition coefficient (Wildman–Crippen LogP) is 2.67. The molecule has 0 aromatic carbocycles. The average Bonchev–Trinajstić information content (AvgIpc) is 2.22. The molecule has 0 heterocycles. The van der Waals surface area contributed by atoms with Crippen molar-refractivity contribution in [2.24, 2.45) is 23.7 Å². The van der Waals surface area contributed by atoms with E-state index in [-0.39, 0.29) is 5.91 Å². The SMILES string of the molecule is CC(C)CCNC(=O)CNCC(C(C)C)C(C)C. The van der Waals surface area contributed by atoms with Crippen LogP contribution in [0, 0.1) is 23.7 Å². The molecule has 0 atom stereocenters. The van der Waals surface area contributed by atoms with Crippen molar-refractivity contribution >= 4 is 5.91 Å². The summed E-state index contributed by atoms with van der Waals surface area (Å²) in [6, 6.07) is 0. The molecule has 0 aromatic rings. The minimum atomic E-state index is 0.113. The van der Waals surface area contributed by atoms with Crippen LogP contribution >= 0.6 is 0 Å². The molecule has 3 nitrogen and oxygen atoms in total. The molecule has 0 saturated carbocycles. The normalized spacial score (nSPS) is 11.9. The predicted molar refractivity (Wildman–Crippen MR) is 78.5 cm³/mol. The first-order chi connectivity index (χ1) is 8.34. The van der Waals surface area contributed by atoms with E-state index in [1.807, 2.05) is 0 Å². The summed E-state index contributed by atoms with van der Waals surface area (Å²) in [5.74, 6) is 2.70. The quantitative estimate of drug-likeness (QED) is 0.666. The Morgan fingerprint density at radius 3 is 2.00 bits per heavy atom. The monoisotopic (exact) mass is 256 g/mol. The number of nitrogens with one attached hydrogen (secondary N) is 2. The van der Waals surface area contributed by atoms with Gasteiger partial charge in [0.15, 0.2) is 0 Å². The Kier molecular flexibility index (Phi) is 9.08. The highest BCUT2D eigenvalue weighted by Gasteiger charge is 2.17. The maximum Gasteiger partial charge on any atom is 0.233 e. The highest BCUT2D eigenvalue weighted by molar-refractivity contribution is 5.77. The van der Waals surface area contributed by atoms with E-state index in [0.29, 0.717) is 30.2 Å². The van der Waals surface area contributed by atoms with Crippen LogP contribution in [0.15, 0.2) is 0 Å². The smallest absolute Gasteiger partial charge is 0.233 e. The van der Waals surface area contributed by atoms with Gasteiger partial charge in [-0.25, -0.2) is 0 Å². The lowest BCUT2D eigenvalue weighted by molar-refractivity contribution is -0.120. The molecule has 0 fully saturated rings. The molecule has 1 amide bonds. The summed E-state index contributed by atoms with van der Waals surface area (Å²) in [5, 5.41) is 6.22. The molecule has 0 bridgehead atoms. The highest BCUT2D eigenvalue weighted by Crippen LogP contribution is 2.19. The first-order valence-electron chi connectivity index (χ1n) is 7.32. The van der Waals surface area contributed by atoms with E-state index in [9.17, 15) is 4.79 Å². The minimum absolute atomic E-state index is 0.113. The molecule has 0 rings (SSSR count). The van der Waals surface area contributed by atoms with Gasteiger partial charge >= 0.3 is 0 Å². The van der Waals surface area contributed by atoms with Gasteiger partial charge in [0.1, 0.15) is 0 Å². The summed E-state index contributed by atoms with van der Waals surface area (Å²) >= 11 is 0. The number of hydrogen-bond acceptors (Lipinski definition) is 2.